The van der Waals surface area contributed by atoms with E-state index in [-0.39, 0.29) is 11.3 Å². The molecule has 0 saturated heterocycles. The first-order chi connectivity index (χ1) is 6.97. The average molecular weight is 217 g/mol. The number of hydrogen-bond donors (Lipinski definition) is 2. The summed E-state index contributed by atoms with van der Waals surface area (Å²) in [6.07, 6.45) is -0.952. The Kier molecular flexibility index (Phi) is 3.60. The van der Waals surface area contributed by atoms with E-state index in [0.29, 0.717) is 0 Å². The van der Waals surface area contributed by atoms with Crippen molar-refractivity contribution >= 4 is 0 Å². The van der Waals surface area contributed by atoms with Crippen LogP contribution in [0, 0.1) is 11.6 Å². The van der Waals surface area contributed by atoms with Gasteiger partial charge in [-0.2, -0.15) is 0 Å². The maximum Gasteiger partial charge on any atom is 0.165 e. The Morgan fingerprint density at radius 3 is 2.40 bits per heavy atom. The van der Waals surface area contributed by atoms with Crippen molar-refractivity contribution in [1.82, 2.24) is 0 Å². The van der Waals surface area contributed by atoms with Crippen LogP contribution in [0.1, 0.15) is 18.5 Å². The quantitative estimate of drug-likeness (QED) is 0.803. The molecule has 0 spiro atoms. The maximum absolute atomic E-state index is 13.4. The maximum atomic E-state index is 13.4. The van der Waals surface area contributed by atoms with Crippen molar-refractivity contribution in [1.29, 1.82) is 0 Å². The predicted octanol–water partition coefficient (Wildman–Crippen LogP) is 1.35. The van der Waals surface area contributed by atoms with E-state index < -0.39 is 23.8 Å². The summed E-state index contributed by atoms with van der Waals surface area (Å²) < 4.78 is 31.2. The van der Waals surface area contributed by atoms with Gasteiger partial charge in [-0.05, 0) is 13.0 Å². The van der Waals surface area contributed by atoms with E-state index in [9.17, 15) is 13.9 Å². The molecule has 1 aromatic carbocycles. The summed E-state index contributed by atoms with van der Waals surface area (Å²) >= 11 is 0. The SMILES string of the molecule is COc1cc(F)c(C(N)C(C)O)cc1F. The average Bonchev–Trinajstić information content (AvgIpc) is 2.19. The number of benzene rings is 1. The molecule has 0 fully saturated rings. The Morgan fingerprint density at radius 2 is 1.93 bits per heavy atom. The molecule has 0 aliphatic rings. The molecule has 2 unspecified atom stereocenters. The number of hydrogen-bond acceptors (Lipinski definition) is 3. The van der Waals surface area contributed by atoms with Gasteiger partial charge in [0.25, 0.3) is 0 Å². The van der Waals surface area contributed by atoms with Crippen LogP contribution in [0.2, 0.25) is 0 Å². The van der Waals surface area contributed by atoms with Crippen molar-refractivity contribution in [2.24, 2.45) is 5.73 Å². The van der Waals surface area contributed by atoms with Crippen LogP contribution in [0.15, 0.2) is 12.1 Å². The smallest absolute Gasteiger partial charge is 0.165 e. The van der Waals surface area contributed by atoms with E-state index in [0.717, 1.165) is 12.1 Å². The van der Waals surface area contributed by atoms with Gasteiger partial charge in [-0.1, -0.05) is 0 Å². The minimum absolute atomic E-state index is 0.0664. The second-order valence-electron chi connectivity index (χ2n) is 3.27. The first-order valence-corrected chi connectivity index (χ1v) is 4.44. The first-order valence-electron chi connectivity index (χ1n) is 4.44. The molecule has 0 radical (unpaired) electrons. The predicted molar refractivity (Wildman–Crippen MR) is 51.5 cm³/mol. The Labute approximate surface area is 86.5 Å². The van der Waals surface area contributed by atoms with Gasteiger partial charge in [0.15, 0.2) is 11.6 Å². The largest absolute Gasteiger partial charge is 0.494 e. The minimum atomic E-state index is -0.953. The Hall–Kier alpha value is -1.20. The molecule has 3 N–H and O–H groups in total. The lowest BCUT2D eigenvalue weighted by Gasteiger charge is -2.16. The van der Waals surface area contributed by atoms with Crippen LogP contribution in [0.4, 0.5) is 8.78 Å². The summed E-state index contributed by atoms with van der Waals surface area (Å²) in [6.45, 7) is 1.41. The third kappa shape index (κ3) is 2.43. The highest BCUT2D eigenvalue weighted by Crippen LogP contribution is 2.25. The lowest BCUT2D eigenvalue weighted by atomic mass is 10.0. The molecule has 5 heteroatoms. The van der Waals surface area contributed by atoms with Gasteiger partial charge in [0.1, 0.15) is 5.82 Å². The van der Waals surface area contributed by atoms with Gasteiger partial charge in [-0.15, -0.1) is 0 Å². The summed E-state index contributed by atoms with van der Waals surface area (Å²) in [7, 11) is 1.24. The first kappa shape index (κ1) is 11.9. The van der Waals surface area contributed by atoms with Crippen molar-refractivity contribution in [2.45, 2.75) is 19.1 Å². The molecular weight excluding hydrogens is 204 g/mol. The number of aliphatic hydroxyl groups excluding tert-OH is 1. The summed E-state index contributed by atoms with van der Waals surface area (Å²) in [5, 5.41) is 9.17. The number of methoxy groups -OCH3 is 1. The molecule has 1 aromatic rings. The molecule has 1 rings (SSSR count). The fourth-order valence-electron chi connectivity index (χ4n) is 1.22. The third-order valence-corrected chi connectivity index (χ3v) is 2.15. The summed E-state index contributed by atoms with van der Waals surface area (Å²) in [6, 6.07) is 0.892. The zero-order chi connectivity index (χ0) is 11.6. The van der Waals surface area contributed by atoms with Crippen molar-refractivity contribution in [3.8, 4) is 5.75 Å². The van der Waals surface area contributed by atoms with Gasteiger partial charge in [0.05, 0.1) is 19.3 Å². The van der Waals surface area contributed by atoms with Gasteiger partial charge >= 0.3 is 0 Å². The normalized spacial score (nSPS) is 14.8. The van der Waals surface area contributed by atoms with Gasteiger partial charge in [0, 0.05) is 11.6 Å². The van der Waals surface area contributed by atoms with Crippen LogP contribution >= 0.6 is 0 Å². The van der Waals surface area contributed by atoms with E-state index in [2.05, 4.69) is 4.74 Å². The minimum Gasteiger partial charge on any atom is -0.494 e. The monoisotopic (exact) mass is 217 g/mol. The number of nitrogens with two attached hydrogens (primary N) is 1. The number of ether oxygens (including phenoxy) is 1. The molecule has 0 saturated carbocycles. The molecule has 0 heterocycles. The van der Waals surface area contributed by atoms with E-state index >= 15 is 0 Å². The van der Waals surface area contributed by atoms with E-state index in [1.165, 1.54) is 14.0 Å². The highest BCUT2D eigenvalue weighted by atomic mass is 19.1. The molecular formula is C10H13F2NO2. The fourth-order valence-corrected chi connectivity index (χ4v) is 1.22. The highest BCUT2D eigenvalue weighted by molar-refractivity contribution is 5.32. The summed E-state index contributed by atoms with van der Waals surface area (Å²) in [4.78, 5) is 0. The van der Waals surface area contributed by atoms with Crippen molar-refractivity contribution in [2.75, 3.05) is 7.11 Å². The molecule has 3 nitrogen and oxygen atoms in total. The Morgan fingerprint density at radius 1 is 1.33 bits per heavy atom. The van der Waals surface area contributed by atoms with Crippen molar-refractivity contribution < 1.29 is 18.6 Å². The zero-order valence-corrected chi connectivity index (χ0v) is 8.50. The van der Waals surface area contributed by atoms with Gasteiger partial charge in [-0.3, -0.25) is 0 Å². The zero-order valence-electron chi connectivity index (χ0n) is 8.50. The van der Waals surface area contributed by atoms with Crippen molar-refractivity contribution in [3.05, 3.63) is 29.3 Å². The molecule has 0 aromatic heterocycles. The lowest BCUT2D eigenvalue weighted by Crippen LogP contribution is -2.24. The van der Waals surface area contributed by atoms with E-state index in [1.807, 2.05) is 0 Å². The summed E-state index contributed by atoms with van der Waals surface area (Å²) in [5.74, 6) is -1.58. The van der Waals surface area contributed by atoms with Gasteiger partial charge in [0.2, 0.25) is 0 Å². The molecule has 84 valence electrons. The second kappa shape index (κ2) is 4.55. The van der Waals surface area contributed by atoms with Crippen LogP contribution in [0.3, 0.4) is 0 Å². The van der Waals surface area contributed by atoms with Crippen LogP contribution in [0.25, 0.3) is 0 Å². The lowest BCUT2D eigenvalue weighted by molar-refractivity contribution is 0.162. The standard InChI is InChI=1S/C10H13F2NO2/c1-5(14)10(13)6-3-8(12)9(15-2)4-7(6)11/h3-5,10,14H,13H2,1-2H3. The van der Waals surface area contributed by atoms with Crippen LogP contribution in [-0.4, -0.2) is 18.3 Å². The van der Waals surface area contributed by atoms with Crippen LogP contribution in [-0.2, 0) is 0 Å². The summed E-state index contributed by atoms with van der Waals surface area (Å²) in [5.41, 5.74) is 5.44. The molecule has 2 atom stereocenters. The van der Waals surface area contributed by atoms with Crippen LogP contribution in [0.5, 0.6) is 5.75 Å². The van der Waals surface area contributed by atoms with Gasteiger partial charge < -0.3 is 15.6 Å². The number of halogens is 2. The Balaban J connectivity index is 3.15. The molecule has 0 bridgehead atoms. The third-order valence-electron chi connectivity index (χ3n) is 2.15. The van der Waals surface area contributed by atoms with E-state index in [1.54, 1.807) is 0 Å². The molecule has 0 aliphatic heterocycles. The molecule has 0 aliphatic carbocycles. The van der Waals surface area contributed by atoms with E-state index in [4.69, 9.17) is 5.73 Å². The van der Waals surface area contributed by atoms with Crippen molar-refractivity contribution in [3.63, 3.8) is 0 Å². The number of aliphatic hydroxyl groups is 1. The van der Waals surface area contributed by atoms with Crippen LogP contribution < -0.4 is 10.5 Å². The molecule has 0 amide bonds. The topological polar surface area (TPSA) is 55.5 Å². The van der Waals surface area contributed by atoms with Gasteiger partial charge in [-0.25, -0.2) is 8.78 Å². The molecule has 15 heavy (non-hydrogen) atoms. The number of rotatable bonds is 3. The fraction of sp³-hybridized carbons (Fsp3) is 0.400. The Bertz CT molecular complexity index is 356. The highest BCUT2D eigenvalue weighted by Gasteiger charge is 2.19. The second-order valence-corrected chi connectivity index (χ2v) is 3.27.